The maximum Gasteiger partial charge on any atom is 0.321 e. The number of aliphatic hydroxyl groups is 1. The molecule has 0 aromatic carbocycles. The molecular weight excluding hydrogens is 568 g/mol. The molecule has 5 N–H and O–H groups in total. The number of carbonyl (C=O) groups is 2. The summed E-state index contributed by atoms with van der Waals surface area (Å²) in [7, 11) is 2.79. The summed E-state index contributed by atoms with van der Waals surface area (Å²) in [5.74, 6) is -2.12. The molecule has 6 rings (SSSR count). The van der Waals surface area contributed by atoms with Crippen molar-refractivity contribution < 1.29 is 24.2 Å². The van der Waals surface area contributed by atoms with Gasteiger partial charge >= 0.3 is 5.97 Å². The van der Waals surface area contributed by atoms with Crippen LogP contribution in [0.4, 0.5) is 0 Å². The molecule has 8 bridgehead atoms. The number of allylic oxidation sites excluding steroid dienone is 2. The number of aromatic nitrogens is 3. The highest BCUT2D eigenvalue weighted by Gasteiger charge is 2.48. The largest absolute Gasteiger partial charge is 0.468 e. The first-order valence-corrected chi connectivity index (χ1v) is 15.6. The van der Waals surface area contributed by atoms with Crippen LogP contribution in [0.2, 0.25) is 0 Å². The lowest BCUT2D eigenvalue weighted by Gasteiger charge is -2.21. The second-order valence-corrected chi connectivity index (χ2v) is 12.3. The number of fused-ring (bicyclic) bond motifs is 7. The van der Waals surface area contributed by atoms with E-state index in [9.17, 15) is 14.7 Å². The summed E-state index contributed by atoms with van der Waals surface area (Å²) in [5, 5.41) is 16.0. The van der Waals surface area contributed by atoms with Crippen molar-refractivity contribution in [2.45, 2.75) is 60.2 Å². The molecule has 9 heteroatoms. The molecule has 0 saturated carbocycles. The standard InChI is InChI=1S/C36H42N4O5/c1-9-20-16(3)23-13-25-18(5)22(11-12-29(41)44-7)33(39-25)31-32(36(43)45-8)35(42)30-19(6)26(40-34(30)31)15-28-21(10-2)17(4)24(38-28)14-27(20)37-23/h9,13-15,18,22,29,32,37-41H,1,10-12H2,2-8H3/b24-14-,25-13-,28-15-,33-31-/t18-,22-,29?,32+/m0/s1. The minimum absolute atomic E-state index is 0.0195. The monoisotopic (exact) mass is 610 g/mol. The zero-order chi connectivity index (χ0) is 32.3. The fourth-order valence-electron chi connectivity index (χ4n) is 7.44. The summed E-state index contributed by atoms with van der Waals surface area (Å²) in [4.78, 5) is 38.2. The highest BCUT2D eigenvalue weighted by Crippen LogP contribution is 2.48. The maximum atomic E-state index is 14.1. The Morgan fingerprint density at radius 2 is 1.73 bits per heavy atom. The summed E-state index contributed by atoms with van der Waals surface area (Å²) >= 11 is 0. The third-order valence-corrected chi connectivity index (χ3v) is 10.1. The van der Waals surface area contributed by atoms with Gasteiger partial charge in [-0.25, -0.2) is 0 Å². The van der Waals surface area contributed by atoms with Crippen LogP contribution in [0.5, 0.6) is 0 Å². The van der Waals surface area contributed by atoms with Crippen LogP contribution in [-0.2, 0) is 20.7 Å². The molecule has 5 heterocycles. The van der Waals surface area contributed by atoms with E-state index in [0.717, 1.165) is 67.8 Å². The van der Waals surface area contributed by atoms with Crippen LogP contribution < -0.4 is 16.0 Å². The number of carbonyl (C=O) groups excluding carboxylic acids is 2. The van der Waals surface area contributed by atoms with Crippen molar-refractivity contribution in [2.24, 2.45) is 17.8 Å². The van der Waals surface area contributed by atoms with Gasteiger partial charge in [0.2, 0.25) is 0 Å². The number of esters is 1. The fourth-order valence-corrected chi connectivity index (χ4v) is 7.44. The van der Waals surface area contributed by atoms with Crippen molar-refractivity contribution in [1.29, 1.82) is 0 Å². The molecule has 1 unspecified atom stereocenters. The lowest BCUT2D eigenvalue weighted by Crippen LogP contribution is -2.25. The zero-order valence-electron chi connectivity index (χ0n) is 27.0. The fraction of sp³-hybridized carbons (Fsp3) is 0.389. The predicted octanol–water partition coefficient (Wildman–Crippen LogP) is 4.11. The Morgan fingerprint density at radius 1 is 1.02 bits per heavy atom. The van der Waals surface area contributed by atoms with E-state index in [1.54, 1.807) is 0 Å². The number of hydrogen-bond donors (Lipinski definition) is 5. The Morgan fingerprint density at radius 3 is 2.40 bits per heavy atom. The molecule has 236 valence electrons. The van der Waals surface area contributed by atoms with Crippen molar-refractivity contribution in [1.82, 2.24) is 20.3 Å². The molecule has 3 aromatic heterocycles. The molecule has 9 nitrogen and oxygen atoms in total. The van der Waals surface area contributed by atoms with E-state index < -0.39 is 18.2 Å². The number of hydrogen-bond acceptors (Lipinski definition) is 6. The molecule has 3 aliphatic rings. The van der Waals surface area contributed by atoms with Gasteiger partial charge in [-0.15, -0.1) is 0 Å². The van der Waals surface area contributed by atoms with Gasteiger partial charge in [0.15, 0.2) is 12.1 Å². The molecule has 4 atom stereocenters. The quantitative estimate of drug-likeness (QED) is 0.155. The number of nitrogens with one attached hydrogen (secondary N) is 4. The minimum atomic E-state index is -1.10. The van der Waals surface area contributed by atoms with Gasteiger partial charge in [0.1, 0.15) is 5.92 Å². The molecule has 2 aliphatic heterocycles. The van der Waals surface area contributed by atoms with Gasteiger partial charge in [0.25, 0.3) is 0 Å². The van der Waals surface area contributed by atoms with E-state index in [1.165, 1.54) is 19.8 Å². The van der Waals surface area contributed by atoms with Crippen LogP contribution in [0.15, 0.2) is 18.0 Å². The summed E-state index contributed by atoms with van der Waals surface area (Å²) in [6.07, 6.45) is 9.05. The molecular formula is C36H42N4O5. The van der Waals surface area contributed by atoms with E-state index in [-0.39, 0.29) is 17.6 Å². The normalized spacial score (nSPS) is 25.1. The molecule has 1 fully saturated rings. The summed E-state index contributed by atoms with van der Waals surface area (Å²) in [5.41, 5.74) is 11.4. The Bertz CT molecular complexity index is 1930. The van der Waals surface area contributed by atoms with Gasteiger partial charge in [-0.1, -0.05) is 26.5 Å². The molecule has 0 spiro atoms. The Balaban J connectivity index is 1.71. The van der Waals surface area contributed by atoms with Gasteiger partial charge in [0, 0.05) is 74.8 Å². The summed E-state index contributed by atoms with van der Waals surface area (Å²) in [6.45, 7) is 14.5. The molecule has 0 radical (unpaired) electrons. The Labute approximate surface area is 262 Å². The van der Waals surface area contributed by atoms with E-state index in [0.29, 0.717) is 29.7 Å². The number of ether oxygens (including phenoxy) is 2. The van der Waals surface area contributed by atoms with E-state index in [1.807, 2.05) is 13.0 Å². The van der Waals surface area contributed by atoms with Crippen LogP contribution in [-0.4, -0.2) is 52.3 Å². The summed E-state index contributed by atoms with van der Waals surface area (Å²) < 4.78 is 10.4. The van der Waals surface area contributed by atoms with Gasteiger partial charge in [-0.3, -0.25) is 9.59 Å². The number of aromatic amines is 3. The van der Waals surface area contributed by atoms with Gasteiger partial charge in [-0.05, 0) is 80.5 Å². The average Bonchev–Trinajstić information content (AvgIpc) is 3.76. The van der Waals surface area contributed by atoms with Crippen molar-refractivity contribution >= 4 is 41.6 Å². The second kappa shape index (κ2) is 11.5. The van der Waals surface area contributed by atoms with Crippen molar-refractivity contribution in [3.63, 3.8) is 0 Å². The lowest BCUT2D eigenvalue weighted by molar-refractivity contribution is -0.141. The smallest absolute Gasteiger partial charge is 0.321 e. The third kappa shape index (κ3) is 4.76. The van der Waals surface area contributed by atoms with Gasteiger partial charge in [0.05, 0.1) is 12.8 Å². The molecule has 3 aromatic rings. The van der Waals surface area contributed by atoms with Crippen molar-refractivity contribution in [3.05, 3.63) is 84.8 Å². The molecule has 1 saturated heterocycles. The molecule has 45 heavy (non-hydrogen) atoms. The first kappa shape index (κ1) is 30.7. The van der Waals surface area contributed by atoms with Crippen LogP contribution in [0.1, 0.15) is 87.6 Å². The number of Topliss-reactive ketones (excluding diaryl/α,β-unsaturated/α-hetero) is 1. The molecule has 1 aliphatic carbocycles. The van der Waals surface area contributed by atoms with Crippen LogP contribution in [0.3, 0.4) is 0 Å². The first-order valence-electron chi connectivity index (χ1n) is 15.6. The van der Waals surface area contributed by atoms with Gasteiger partial charge in [-0.2, -0.15) is 0 Å². The predicted molar refractivity (Wildman–Crippen MR) is 175 cm³/mol. The van der Waals surface area contributed by atoms with Gasteiger partial charge < -0.3 is 34.8 Å². The zero-order valence-corrected chi connectivity index (χ0v) is 27.0. The van der Waals surface area contributed by atoms with Crippen LogP contribution >= 0.6 is 0 Å². The highest BCUT2D eigenvalue weighted by molar-refractivity contribution is 6.24. The maximum absolute atomic E-state index is 14.1. The number of methoxy groups -OCH3 is 2. The lowest BCUT2D eigenvalue weighted by atomic mass is 9.85. The van der Waals surface area contributed by atoms with E-state index >= 15 is 0 Å². The molecule has 0 amide bonds. The van der Waals surface area contributed by atoms with Crippen molar-refractivity contribution in [3.8, 4) is 0 Å². The van der Waals surface area contributed by atoms with E-state index in [4.69, 9.17) is 9.47 Å². The van der Waals surface area contributed by atoms with Crippen LogP contribution in [0, 0.1) is 38.5 Å². The Hall–Kier alpha value is -4.34. The number of ketones is 1. The van der Waals surface area contributed by atoms with E-state index in [2.05, 4.69) is 72.8 Å². The second-order valence-electron chi connectivity index (χ2n) is 12.3. The SMILES string of the molecule is C=Cc1c2[nH]c(c1C)/C=C1\N/C(=C3\c4[nH]c(c(C)c4C(=O)[C@@H]3C(=O)OC)/C=c3\[nH]/c(c(C)c3CC)=C\2)[C@@H](CCC(O)OC)[C@@H]1C. The number of H-pyrrole nitrogens is 3. The topological polar surface area (TPSA) is 132 Å². The average molecular weight is 611 g/mol. The Kier molecular flexibility index (Phi) is 7.87. The summed E-state index contributed by atoms with van der Waals surface area (Å²) in [6, 6.07) is 0. The number of aliphatic hydroxyl groups excluding tert-OH is 1. The third-order valence-electron chi connectivity index (χ3n) is 10.1. The highest BCUT2D eigenvalue weighted by atomic mass is 16.6. The first-order chi connectivity index (χ1) is 21.5. The van der Waals surface area contributed by atoms with Crippen LogP contribution in [0.25, 0.3) is 29.9 Å². The minimum Gasteiger partial charge on any atom is -0.468 e. The van der Waals surface area contributed by atoms with Crippen molar-refractivity contribution in [2.75, 3.05) is 14.2 Å². The number of rotatable bonds is 7.